The molecule has 0 heterocycles. The van der Waals surface area contributed by atoms with Gasteiger partial charge in [0.25, 0.3) is 0 Å². The number of rotatable bonds is 0. The van der Waals surface area contributed by atoms with Gasteiger partial charge in [0, 0.05) is 9.15 Å². The lowest BCUT2D eigenvalue weighted by Crippen LogP contribution is -2.48. The van der Waals surface area contributed by atoms with E-state index in [1.807, 2.05) is 0 Å². The Morgan fingerprint density at radius 2 is 1.40 bits per heavy atom. The quantitative estimate of drug-likeness (QED) is 0.431. The first-order chi connectivity index (χ1) is 6.91. The molecular weight excluding hydrogens is 452 g/mol. The lowest BCUT2D eigenvalue weighted by Gasteiger charge is -2.51. The van der Waals surface area contributed by atoms with E-state index < -0.39 is 0 Å². The van der Waals surface area contributed by atoms with E-state index in [0.29, 0.717) is 4.32 Å². The van der Waals surface area contributed by atoms with Crippen molar-refractivity contribution in [3.05, 3.63) is 0 Å². The van der Waals surface area contributed by atoms with Crippen molar-refractivity contribution in [3.63, 3.8) is 0 Å². The van der Waals surface area contributed by atoms with Crippen LogP contribution in [0.2, 0.25) is 0 Å². The highest BCUT2D eigenvalue weighted by atomic mass is 79.9. The fourth-order valence-corrected chi connectivity index (χ4v) is 7.87. The Kier molecular flexibility index (Phi) is 2.96. The van der Waals surface area contributed by atoms with Crippen molar-refractivity contribution in [2.24, 2.45) is 17.8 Å². The van der Waals surface area contributed by atoms with Gasteiger partial charge < -0.3 is 0 Å². The summed E-state index contributed by atoms with van der Waals surface area (Å²) in [4.78, 5) is 0.725. The van der Waals surface area contributed by atoms with Crippen molar-refractivity contribution in [2.45, 2.75) is 44.5 Å². The molecule has 0 aromatic rings. The molecule has 4 fully saturated rings. The van der Waals surface area contributed by atoms with E-state index in [2.05, 4.69) is 63.7 Å². The Balaban J connectivity index is 2.01. The number of fused-ring (bicyclic) bond motifs is 1. The molecule has 4 aliphatic carbocycles. The molecule has 0 amide bonds. The molecule has 0 spiro atoms. The molecular formula is C11H14Br4. The Morgan fingerprint density at radius 1 is 0.867 bits per heavy atom. The van der Waals surface area contributed by atoms with Crippen molar-refractivity contribution in [1.29, 1.82) is 0 Å². The Morgan fingerprint density at radius 3 is 1.93 bits per heavy atom. The minimum absolute atomic E-state index is 0.227. The van der Waals surface area contributed by atoms with Crippen molar-refractivity contribution in [3.8, 4) is 0 Å². The summed E-state index contributed by atoms with van der Waals surface area (Å²) in [6, 6.07) is 0. The van der Waals surface area contributed by atoms with Gasteiger partial charge in [-0.15, -0.1) is 0 Å². The molecule has 86 valence electrons. The number of hydrogen-bond acceptors (Lipinski definition) is 0. The zero-order valence-electron chi connectivity index (χ0n) is 8.36. The van der Waals surface area contributed by atoms with E-state index >= 15 is 0 Å². The summed E-state index contributed by atoms with van der Waals surface area (Å²) < 4.78 is 0.637. The molecule has 3 unspecified atom stereocenters. The van der Waals surface area contributed by atoms with Crippen LogP contribution in [0.4, 0.5) is 0 Å². The van der Waals surface area contributed by atoms with Crippen LogP contribution in [-0.4, -0.2) is 12.4 Å². The van der Waals surface area contributed by atoms with Crippen LogP contribution in [-0.2, 0) is 0 Å². The van der Waals surface area contributed by atoms with Crippen LogP contribution in [0.1, 0.15) is 32.1 Å². The van der Waals surface area contributed by atoms with Crippen molar-refractivity contribution >= 4 is 63.7 Å². The third kappa shape index (κ3) is 1.84. The topological polar surface area (TPSA) is 0 Å². The number of halogens is 4. The fourth-order valence-electron chi connectivity index (χ4n) is 3.86. The summed E-state index contributed by atoms with van der Waals surface area (Å²) in [5.74, 6) is 2.47. The third-order valence-electron chi connectivity index (χ3n) is 4.56. The van der Waals surface area contributed by atoms with Crippen LogP contribution < -0.4 is 0 Å². The maximum Gasteiger partial charge on any atom is 0.0862 e. The highest BCUT2D eigenvalue weighted by Crippen LogP contribution is 2.65. The van der Waals surface area contributed by atoms with Crippen molar-refractivity contribution in [1.82, 2.24) is 0 Å². The van der Waals surface area contributed by atoms with Gasteiger partial charge in [-0.25, -0.2) is 0 Å². The summed E-state index contributed by atoms with van der Waals surface area (Å²) >= 11 is 15.8. The zero-order chi connectivity index (χ0) is 10.8. The van der Waals surface area contributed by atoms with Gasteiger partial charge in [0.05, 0.1) is 3.23 Å². The lowest BCUT2D eigenvalue weighted by molar-refractivity contribution is 0.149. The summed E-state index contributed by atoms with van der Waals surface area (Å²) in [5, 5.41) is 0. The maximum absolute atomic E-state index is 4.02. The van der Waals surface area contributed by atoms with E-state index in [9.17, 15) is 0 Å². The van der Waals surface area contributed by atoms with Crippen LogP contribution in [0, 0.1) is 17.8 Å². The van der Waals surface area contributed by atoms with Crippen molar-refractivity contribution < 1.29 is 0 Å². The van der Waals surface area contributed by atoms with E-state index in [1.54, 1.807) is 0 Å². The minimum Gasteiger partial charge on any atom is -0.0887 e. The first kappa shape index (κ1) is 12.0. The summed E-state index contributed by atoms with van der Waals surface area (Å²) in [5.41, 5.74) is 0. The first-order valence-corrected chi connectivity index (χ1v) is 8.91. The van der Waals surface area contributed by atoms with E-state index in [-0.39, 0.29) is 3.23 Å². The molecule has 4 aliphatic rings. The number of hydrogen-bond donors (Lipinski definition) is 0. The largest absolute Gasteiger partial charge is 0.0887 e. The van der Waals surface area contributed by atoms with Crippen LogP contribution in [0.15, 0.2) is 0 Å². The molecule has 4 rings (SSSR count). The lowest BCUT2D eigenvalue weighted by atomic mass is 9.67. The average Bonchev–Trinajstić information content (AvgIpc) is 2.24. The smallest absolute Gasteiger partial charge is 0.0862 e. The van der Waals surface area contributed by atoms with Gasteiger partial charge in [-0.05, 0) is 49.9 Å². The summed E-state index contributed by atoms with van der Waals surface area (Å²) in [6.45, 7) is 0. The predicted molar refractivity (Wildman–Crippen MR) is 78.5 cm³/mol. The Bertz CT molecular complexity index is 270. The van der Waals surface area contributed by atoms with Gasteiger partial charge in [-0.2, -0.15) is 0 Å². The maximum atomic E-state index is 4.02. The molecule has 0 saturated heterocycles. The van der Waals surface area contributed by atoms with Gasteiger partial charge in [-0.1, -0.05) is 63.7 Å². The normalized spacial score (nSPS) is 56.8. The molecule has 0 radical (unpaired) electrons. The highest BCUT2D eigenvalue weighted by Gasteiger charge is 2.58. The second kappa shape index (κ2) is 3.71. The van der Waals surface area contributed by atoms with Crippen LogP contribution in [0.3, 0.4) is 0 Å². The third-order valence-corrected chi connectivity index (χ3v) is 9.19. The van der Waals surface area contributed by atoms with Crippen LogP contribution in [0.5, 0.6) is 0 Å². The molecule has 0 aromatic heterocycles. The second-order valence-electron chi connectivity index (χ2n) is 5.58. The molecule has 0 aliphatic heterocycles. The van der Waals surface area contributed by atoms with Gasteiger partial charge in [0.2, 0.25) is 0 Å². The van der Waals surface area contributed by atoms with Gasteiger partial charge >= 0.3 is 0 Å². The molecule has 4 bridgehead atoms. The van der Waals surface area contributed by atoms with E-state index in [1.165, 1.54) is 32.1 Å². The molecule has 0 N–H and O–H groups in total. The molecule has 4 heteroatoms. The monoisotopic (exact) mass is 462 g/mol. The van der Waals surface area contributed by atoms with Crippen LogP contribution in [0.25, 0.3) is 0 Å². The molecule has 0 nitrogen and oxygen atoms in total. The van der Waals surface area contributed by atoms with Crippen LogP contribution >= 0.6 is 63.7 Å². The molecule has 4 saturated carbocycles. The predicted octanol–water partition coefficient (Wildman–Crippen LogP) is 5.21. The number of alkyl halides is 4. The summed E-state index contributed by atoms with van der Waals surface area (Å²) in [6.07, 6.45) is 6.68. The standard InChI is InChI=1S/C11H14Br4/c12-9-5-10(13)3-7-1-6(9)2-8(4-10)11(7,14)15/h6-9H,1-5H2. The molecule has 0 aromatic carbocycles. The molecule has 15 heavy (non-hydrogen) atoms. The SMILES string of the molecule is BrC1CC2(Br)CC3CC1CC(C2)C3(Br)Br. The average molecular weight is 466 g/mol. The minimum atomic E-state index is 0.227. The fraction of sp³-hybridized carbons (Fsp3) is 1.00. The van der Waals surface area contributed by atoms with Gasteiger partial charge in [0.1, 0.15) is 0 Å². The molecule has 3 atom stereocenters. The first-order valence-electron chi connectivity index (χ1n) is 5.61. The van der Waals surface area contributed by atoms with Gasteiger partial charge in [0.15, 0.2) is 0 Å². The zero-order valence-corrected chi connectivity index (χ0v) is 14.7. The van der Waals surface area contributed by atoms with E-state index in [0.717, 1.165) is 22.6 Å². The second-order valence-corrected chi connectivity index (χ2v) is 12.1. The summed E-state index contributed by atoms with van der Waals surface area (Å²) in [7, 11) is 0. The Labute approximate surface area is 125 Å². The Hall–Kier alpha value is 1.92. The van der Waals surface area contributed by atoms with Gasteiger partial charge in [-0.3, -0.25) is 0 Å². The van der Waals surface area contributed by atoms with Crippen molar-refractivity contribution in [2.75, 3.05) is 0 Å². The van der Waals surface area contributed by atoms with E-state index in [4.69, 9.17) is 0 Å². The highest BCUT2D eigenvalue weighted by molar-refractivity contribution is 9.25.